The van der Waals surface area contributed by atoms with Gasteiger partial charge in [0.05, 0.1) is 11.5 Å². The molecule has 2 aliphatic rings. The number of ether oxygens (including phenoxy) is 1. The van der Waals surface area contributed by atoms with E-state index in [9.17, 15) is 8.42 Å². The van der Waals surface area contributed by atoms with E-state index in [4.69, 9.17) is 4.74 Å². The number of rotatable bonds is 5. The average molecular weight is 455 g/mol. The van der Waals surface area contributed by atoms with Crippen LogP contribution >= 0.6 is 0 Å². The van der Waals surface area contributed by atoms with Crippen molar-refractivity contribution in [1.29, 1.82) is 0 Å². The maximum atomic E-state index is 13.8. The van der Waals surface area contributed by atoms with E-state index in [0.717, 1.165) is 55.7 Å². The van der Waals surface area contributed by atoms with Crippen molar-refractivity contribution in [3.05, 3.63) is 48.0 Å². The van der Waals surface area contributed by atoms with E-state index < -0.39 is 10.0 Å². The minimum absolute atomic E-state index is 0.0758. The van der Waals surface area contributed by atoms with Gasteiger partial charge >= 0.3 is 0 Å². The molecule has 0 unspecified atom stereocenters. The molecule has 2 aliphatic heterocycles. The Balaban J connectivity index is 1.48. The van der Waals surface area contributed by atoms with E-state index in [1.807, 2.05) is 31.2 Å². The fourth-order valence-electron chi connectivity index (χ4n) is 5.07. The molecule has 1 aromatic heterocycles. The van der Waals surface area contributed by atoms with Crippen LogP contribution < -0.4 is 4.74 Å². The molecule has 170 valence electrons. The second-order valence-corrected chi connectivity index (χ2v) is 10.6. The molecule has 0 aliphatic carbocycles. The number of benzene rings is 2. The van der Waals surface area contributed by atoms with Gasteiger partial charge < -0.3 is 9.30 Å². The molecule has 3 heterocycles. The van der Waals surface area contributed by atoms with E-state index in [2.05, 4.69) is 14.8 Å². The molecule has 8 heteroatoms. The predicted molar refractivity (Wildman–Crippen MR) is 123 cm³/mol. The first-order valence-corrected chi connectivity index (χ1v) is 13.1. The van der Waals surface area contributed by atoms with Gasteiger partial charge in [0, 0.05) is 42.7 Å². The van der Waals surface area contributed by atoms with Crippen LogP contribution in [0.4, 0.5) is 0 Å². The van der Waals surface area contributed by atoms with Crippen LogP contribution in [0.3, 0.4) is 0 Å². The fourth-order valence-corrected chi connectivity index (χ4v) is 6.79. The van der Waals surface area contributed by atoms with Crippen LogP contribution in [0.5, 0.6) is 5.75 Å². The number of piperidine rings is 1. The summed E-state index contributed by atoms with van der Waals surface area (Å²) >= 11 is 0. The maximum absolute atomic E-state index is 13.8. The highest BCUT2D eigenvalue weighted by atomic mass is 32.2. The van der Waals surface area contributed by atoms with Gasteiger partial charge in [-0.05, 0) is 44.7 Å². The first-order valence-electron chi connectivity index (χ1n) is 11.7. The van der Waals surface area contributed by atoms with Gasteiger partial charge in [-0.2, -0.15) is 4.31 Å². The van der Waals surface area contributed by atoms with Gasteiger partial charge in [0.2, 0.25) is 10.0 Å². The quantitative estimate of drug-likeness (QED) is 0.579. The molecule has 0 N–H and O–H groups in total. The van der Waals surface area contributed by atoms with Crippen LogP contribution in [0.15, 0.2) is 41.3 Å². The molecule has 0 bridgehead atoms. The van der Waals surface area contributed by atoms with E-state index in [-0.39, 0.29) is 5.92 Å². The summed E-state index contributed by atoms with van der Waals surface area (Å²) in [6, 6.07) is 11.0. The van der Waals surface area contributed by atoms with Crippen molar-refractivity contribution in [2.75, 3.05) is 19.7 Å². The number of nitrogens with zero attached hydrogens (tertiary/aromatic N) is 4. The zero-order chi connectivity index (χ0) is 22.1. The van der Waals surface area contributed by atoms with Crippen LogP contribution in [-0.2, 0) is 23.0 Å². The first-order chi connectivity index (χ1) is 15.6. The summed E-state index contributed by atoms with van der Waals surface area (Å²) in [5, 5.41) is 10.5. The smallest absolute Gasteiger partial charge is 0.243 e. The Morgan fingerprint density at radius 2 is 1.84 bits per heavy atom. The first kappa shape index (κ1) is 21.4. The average Bonchev–Trinajstić information content (AvgIpc) is 3.07. The standard InChI is InChI=1S/C24H30N4O3S/c1-2-31-21-13-14-22(20-11-6-5-10-19(20)21)32(29,30)27-15-8-9-18(17-27)24-26-25-23-12-4-3-7-16-28(23)24/h5-6,10-11,13-14,18H,2-4,7-9,12,15-17H2,1H3/t18-/m1/s1. The van der Waals surface area contributed by atoms with Gasteiger partial charge in [0.25, 0.3) is 0 Å². The van der Waals surface area contributed by atoms with Crippen molar-refractivity contribution in [3.8, 4) is 5.75 Å². The molecule has 32 heavy (non-hydrogen) atoms. The largest absolute Gasteiger partial charge is 0.493 e. The summed E-state index contributed by atoms with van der Waals surface area (Å²) in [5.41, 5.74) is 0. The van der Waals surface area contributed by atoms with Crippen LogP contribution in [0.1, 0.15) is 56.6 Å². The van der Waals surface area contributed by atoms with Crippen molar-refractivity contribution < 1.29 is 13.2 Å². The topological polar surface area (TPSA) is 77.3 Å². The molecule has 1 atom stereocenters. The summed E-state index contributed by atoms with van der Waals surface area (Å²) < 4.78 is 37.2. The number of hydrogen-bond donors (Lipinski definition) is 0. The van der Waals surface area contributed by atoms with Gasteiger partial charge in [0.15, 0.2) is 0 Å². The lowest BCUT2D eigenvalue weighted by molar-refractivity contribution is 0.304. The van der Waals surface area contributed by atoms with Gasteiger partial charge in [-0.15, -0.1) is 10.2 Å². The molecule has 2 aromatic carbocycles. The summed E-state index contributed by atoms with van der Waals surface area (Å²) in [4.78, 5) is 0.345. The van der Waals surface area contributed by atoms with E-state index in [1.165, 1.54) is 6.42 Å². The molecular formula is C24H30N4O3S. The van der Waals surface area contributed by atoms with Crippen LogP contribution in [0.2, 0.25) is 0 Å². The minimum atomic E-state index is -3.65. The molecule has 1 fully saturated rings. The highest BCUT2D eigenvalue weighted by Gasteiger charge is 2.34. The van der Waals surface area contributed by atoms with Crippen molar-refractivity contribution >= 4 is 20.8 Å². The van der Waals surface area contributed by atoms with Crippen molar-refractivity contribution in [2.45, 2.75) is 62.8 Å². The molecule has 3 aromatic rings. The fraction of sp³-hybridized carbons (Fsp3) is 0.500. The monoisotopic (exact) mass is 454 g/mol. The third kappa shape index (κ3) is 3.79. The Bertz CT molecular complexity index is 1220. The zero-order valence-corrected chi connectivity index (χ0v) is 19.4. The van der Waals surface area contributed by atoms with Crippen molar-refractivity contribution in [1.82, 2.24) is 19.1 Å². The Labute approximate surface area is 189 Å². The highest BCUT2D eigenvalue weighted by Crippen LogP contribution is 2.35. The predicted octanol–water partition coefficient (Wildman–Crippen LogP) is 4.12. The Hall–Kier alpha value is -2.45. The van der Waals surface area contributed by atoms with E-state index in [0.29, 0.717) is 35.7 Å². The number of aryl methyl sites for hydroxylation is 1. The second kappa shape index (κ2) is 8.83. The Morgan fingerprint density at radius 1 is 1.00 bits per heavy atom. The second-order valence-electron chi connectivity index (χ2n) is 8.68. The molecule has 1 saturated heterocycles. The van der Waals surface area contributed by atoms with Crippen LogP contribution in [0.25, 0.3) is 10.8 Å². The molecule has 5 rings (SSSR count). The summed E-state index contributed by atoms with van der Waals surface area (Å²) in [7, 11) is -3.65. The number of fused-ring (bicyclic) bond motifs is 2. The van der Waals surface area contributed by atoms with Gasteiger partial charge in [0.1, 0.15) is 17.4 Å². The molecule has 7 nitrogen and oxygen atoms in total. The van der Waals surface area contributed by atoms with Gasteiger partial charge in [-0.1, -0.05) is 30.7 Å². The SMILES string of the molecule is CCOc1ccc(S(=O)(=O)N2CCC[C@@H](c3nnc4n3CCCCC4)C2)c2ccccc12. The number of hydrogen-bond acceptors (Lipinski definition) is 5. The van der Waals surface area contributed by atoms with Crippen molar-refractivity contribution in [3.63, 3.8) is 0 Å². The normalized spacial score (nSPS) is 20.1. The van der Waals surface area contributed by atoms with Crippen molar-refractivity contribution in [2.24, 2.45) is 0 Å². The summed E-state index contributed by atoms with van der Waals surface area (Å²) in [5.74, 6) is 2.80. The van der Waals surface area contributed by atoms with E-state index in [1.54, 1.807) is 16.4 Å². The van der Waals surface area contributed by atoms with E-state index >= 15 is 0 Å². The maximum Gasteiger partial charge on any atom is 0.243 e. The third-order valence-electron chi connectivity index (χ3n) is 6.65. The summed E-state index contributed by atoms with van der Waals surface area (Å²) in [6.07, 6.45) is 6.20. The number of sulfonamides is 1. The van der Waals surface area contributed by atoms with Gasteiger partial charge in [-0.25, -0.2) is 8.42 Å². The van der Waals surface area contributed by atoms with Crippen LogP contribution in [0, 0.1) is 0 Å². The Kier molecular flexibility index (Phi) is 5.90. The third-order valence-corrected chi connectivity index (χ3v) is 8.57. The molecule has 0 amide bonds. The highest BCUT2D eigenvalue weighted by molar-refractivity contribution is 7.89. The lowest BCUT2D eigenvalue weighted by Gasteiger charge is -2.32. The van der Waals surface area contributed by atoms with Crippen LogP contribution in [-0.4, -0.2) is 47.2 Å². The minimum Gasteiger partial charge on any atom is -0.493 e. The number of aromatic nitrogens is 3. The molecule has 0 saturated carbocycles. The lowest BCUT2D eigenvalue weighted by atomic mass is 9.99. The van der Waals surface area contributed by atoms with Gasteiger partial charge in [-0.3, -0.25) is 0 Å². The summed E-state index contributed by atoms with van der Waals surface area (Å²) in [6.45, 7) is 4.37. The molecule has 0 spiro atoms. The lowest BCUT2D eigenvalue weighted by Crippen LogP contribution is -2.39. The molecule has 0 radical (unpaired) electrons. The molecular weight excluding hydrogens is 424 g/mol. The zero-order valence-electron chi connectivity index (χ0n) is 18.5. The Morgan fingerprint density at radius 3 is 2.69 bits per heavy atom.